The van der Waals surface area contributed by atoms with Gasteiger partial charge in [-0.25, -0.2) is 9.59 Å². The highest BCUT2D eigenvalue weighted by molar-refractivity contribution is 5.98. The van der Waals surface area contributed by atoms with Gasteiger partial charge in [0.2, 0.25) is 0 Å². The summed E-state index contributed by atoms with van der Waals surface area (Å²) in [5.74, 6) is -1.80. The van der Waals surface area contributed by atoms with Crippen molar-refractivity contribution < 1.29 is 38.1 Å². The molecule has 1 aromatic carbocycles. The van der Waals surface area contributed by atoms with Gasteiger partial charge in [-0.1, -0.05) is 0 Å². The first-order valence-electron chi connectivity index (χ1n) is 7.25. The van der Waals surface area contributed by atoms with Crippen molar-refractivity contribution in [2.45, 2.75) is 13.8 Å². The van der Waals surface area contributed by atoms with Crippen LogP contribution in [0.25, 0.3) is 0 Å². The molecule has 0 atom stereocenters. The molecule has 0 saturated carbocycles. The number of ether oxygens (including phenoxy) is 5. The number of carbonyl (C=O) groups excluding carboxylic acids is 3. The molecule has 8 nitrogen and oxygen atoms in total. The fourth-order valence-electron chi connectivity index (χ4n) is 1.85. The van der Waals surface area contributed by atoms with Gasteiger partial charge in [0.25, 0.3) is 11.5 Å². The molecule has 1 aliphatic heterocycles. The summed E-state index contributed by atoms with van der Waals surface area (Å²) >= 11 is 0. The number of hydrogen-bond acceptors (Lipinski definition) is 8. The summed E-state index contributed by atoms with van der Waals surface area (Å²) in [6.07, 6.45) is 0.597. The molecule has 0 aliphatic carbocycles. The van der Waals surface area contributed by atoms with E-state index in [1.807, 2.05) is 0 Å². The summed E-state index contributed by atoms with van der Waals surface area (Å²) in [6, 6.07) is 4.44. The smallest absolute Gasteiger partial charge is 0.378 e. The average molecular weight is 336 g/mol. The quantitative estimate of drug-likeness (QED) is 0.544. The minimum Gasteiger partial charge on any atom is -0.486 e. The molecule has 1 aromatic rings. The molecule has 0 unspecified atom stereocenters. The van der Waals surface area contributed by atoms with Crippen LogP contribution in [0.5, 0.6) is 17.2 Å². The van der Waals surface area contributed by atoms with E-state index in [9.17, 15) is 14.4 Å². The highest BCUT2D eigenvalue weighted by atomic mass is 16.6. The van der Waals surface area contributed by atoms with Crippen LogP contribution in [-0.4, -0.2) is 38.0 Å². The molecule has 0 saturated heterocycles. The molecular formula is C16H16O8. The maximum absolute atomic E-state index is 12.0. The second-order valence-electron chi connectivity index (χ2n) is 4.39. The van der Waals surface area contributed by atoms with Gasteiger partial charge in [-0.05, 0) is 26.0 Å². The van der Waals surface area contributed by atoms with E-state index in [0.717, 1.165) is 0 Å². The zero-order valence-corrected chi connectivity index (χ0v) is 13.2. The largest absolute Gasteiger partial charge is 0.486 e. The number of rotatable bonds is 7. The van der Waals surface area contributed by atoms with Crippen LogP contribution in [0.1, 0.15) is 13.8 Å². The zero-order valence-electron chi connectivity index (χ0n) is 13.2. The highest BCUT2D eigenvalue weighted by Gasteiger charge is 2.33. The maximum Gasteiger partial charge on any atom is 0.378 e. The van der Waals surface area contributed by atoms with E-state index in [0.29, 0.717) is 12.0 Å². The Kier molecular flexibility index (Phi) is 5.78. The lowest BCUT2D eigenvalue weighted by molar-refractivity contribution is -0.146. The van der Waals surface area contributed by atoms with Crippen molar-refractivity contribution in [1.82, 2.24) is 0 Å². The van der Waals surface area contributed by atoms with Gasteiger partial charge in [-0.3, -0.25) is 4.79 Å². The predicted octanol–water partition coefficient (Wildman–Crippen LogP) is 1.37. The van der Waals surface area contributed by atoms with Gasteiger partial charge in [-0.15, -0.1) is 0 Å². The molecule has 24 heavy (non-hydrogen) atoms. The molecule has 0 amide bonds. The Balaban J connectivity index is 2.34. The Morgan fingerprint density at radius 2 is 1.58 bits per heavy atom. The normalized spacial score (nSPS) is 12.4. The molecule has 0 radical (unpaired) electrons. The zero-order chi connectivity index (χ0) is 17.5. The van der Waals surface area contributed by atoms with Crippen molar-refractivity contribution in [3.05, 3.63) is 29.7 Å². The Labute approximate surface area is 137 Å². The molecule has 0 fully saturated rings. The summed E-state index contributed by atoms with van der Waals surface area (Å²) in [6.45, 7) is 3.31. The summed E-state index contributed by atoms with van der Waals surface area (Å²) in [5, 5.41) is 0. The molecule has 1 heterocycles. The highest BCUT2D eigenvalue weighted by Crippen LogP contribution is 2.38. The third-order valence-corrected chi connectivity index (χ3v) is 2.79. The van der Waals surface area contributed by atoms with Crippen molar-refractivity contribution in [2.24, 2.45) is 0 Å². The number of aldehydes is 1. The topological polar surface area (TPSA) is 97.4 Å². The van der Waals surface area contributed by atoms with Crippen LogP contribution in [0.4, 0.5) is 0 Å². The van der Waals surface area contributed by atoms with Crippen LogP contribution >= 0.6 is 0 Å². The lowest BCUT2D eigenvalue weighted by Crippen LogP contribution is -2.26. The van der Waals surface area contributed by atoms with E-state index in [1.54, 1.807) is 13.8 Å². The van der Waals surface area contributed by atoms with Gasteiger partial charge in [0, 0.05) is 6.07 Å². The van der Waals surface area contributed by atoms with E-state index in [4.69, 9.17) is 23.7 Å². The molecule has 2 rings (SSSR count). The first-order valence-corrected chi connectivity index (χ1v) is 7.25. The minimum atomic E-state index is -0.856. The number of benzene rings is 1. The Bertz CT molecular complexity index is 677. The van der Waals surface area contributed by atoms with Gasteiger partial charge in [0.15, 0.2) is 17.8 Å². The van der Waals surface area contributed by atoms with Crippen molar-refractivity contribution in [2.75, 3.05) is 19.8 Å². The summed E-state index contributed by atoms with van der Waals surface area (Å²) in [5.41, 5.74) is 0. The molecule has 0 bridgehead atoms. The fraction of sp³-hybridized carbons (Fsp3) is 0.312. The Morgan fingerprint density at radius 3 is 2.12 bits per heavy atom. The monoisotopic (exact) mass is 336 g/mol. The van der Waals surface area contributed by atoms with E-state index in [2.05, 4.69) is 0 Å². The average Bonchev–Trinajstić information content (AvgIpc) is 2.59. The van der Waals surface area contributed by atoms with E-state index in [-0.39, 0.29) is 37.1 Å². The summed E-state index contributed by atoms with van der Waals surface area (Å²) in [4.78, 5) is 34.4. The third-order valence-electron chi connectivity index (χ3n) is 2.79. The number of esters is 2. The summed E-state index contributed by atoms with van der Waals surface area (Å²) in [7, 11) is 0. The van der Waals surface area contributed by atoms with Gasteiger partial charge < -0.3 is 23.7 Å². The van der Waals surface area contributed by atoms with Crippen LogP contribution < -0.4 is 14.2 Å². The molecule has 0 aromatic heterocycles. The van der Waals surface area contributed by atoms with Crippen LogP contribution in [0.15, 0.2) is 29.7 Å². The van der Waals surface area contributed by atoms with Crippen LogP contribution in [0, 0.1) is 0 Å². The number of hydrogen-bond donors (Lipinski definition) is 0. The Hall–Kier alpha value is -3.03. The van der Waals surface area contributed by atoms with Crippen LogP contribution in [0.3, 0.4) is 0 Å². The van der Waals surface area contributed by atoms with Crippen LogP contribution in [-0.2, 0) is 23.9 Å². The fourth-order valence-corrected chi connectivity index (χ4v) is 1.85. The van der Waals surface area contributed by atoms with E-state index < -0.39 is 17.7 Å². The second kappa shape index (κ2) is 8.00. The van der Waals surface area contributed by atoms with Crippen molar-refractivity contribution in [1.29, 1.82) is 0 Å². The van der Waals surface area contributed by atoms with E-state index >= 15 is 0 Å². The third kappa shape index (κ3) is 3.83. The molecule has 8 heteroatoms. The SMILES string of the molecule is CCOC(=O)C1=C(C(=O)OCC)Oc2cc(OCC=O)ccc2O1. The lowest BCUT2D eigenvalue weighted by atomic mass is 10.2. The summed E-state index contributed by atoms with van der Waals surface area (Å²) < 4.78 is 25.8. The molecule has 0 spiro atoms. The first-order chi connectivity index (χ1) is 11.6. The first kappa shape index (κ1) is 17.3. The van der Waals surface area contributed by atoms with Gasteiger partial charge in [0.05, 0.1) is 13.2 Å². The Morgan fingerprint density at radius 1 is 1.00 bits per heavy atom. The molecule has 1 aliphatic rings. The molecular weight excluding hydrogens is 320 g/mol. The number of fused-ring (bicyclic) bond motifs is 1. The standard InChI is InChI=1S/C16H16O8/c1-3-20-15(18)13-14(16(19)21-4-2)24-12-9-10(22-8-7-17)5-6-11(12)23-13/h5-7,9H,3-4,8H2,1-2H3. The van der Waals surface area contributed by atoms with Gasteiger partial charge >= 0.3 is 11.9 Å². The molecule has 0 N–H and O–H groups in total. The van der Waals surface area contributed by atoms with Crippen molar-refractivity contribution in [3.8, 4) is 17.2 Å². The maximum atomic E-state index is 12.0. The van der Waals surface area contributed by atoms with E-state index in [1.165, 1.54) is 18.2 Å². The molecule has 128 valence electrons. The second-order valence-corrected chi connectivity index (χ2v) is 4.39. The van der Waals surface area contributed by atoms with Crippen LogP contribution in [0.2, 0.25) is 0 Å². The minimum absolute atomic E-state index is 0.0944. The van der Waals surface area contributed by atoms with Crippen molar-refractivity contribution in [3.63, 3.8) is 0 Å². The van der Waals surface area contributed by atoms with Gasteiger partial charge in [-0.2, -0.15) is 0 Å². The lowest BCUT2D eigenvalue weighted by Gasteiger charge is -2.21. The number of carbonyl (C=O) groups is 3. The van der Waals surface area contributed by atoms with Crippen molar-refractivity contribution >= 4 is 18.2 Å². The van der Waals surface area contributed by atoms with Gasteiger partial charge in [0.1, 0.15) is 12.4 Å². The predicted molar refractivity (Wildman–Crippen MR) is 79.5 cm³/mol.